The lowest BCUT2D eigenvalue weighted by Gasteiger charge is -2.12. The number of aliphatic imine (C=N–C) groups is 1. The van der Waals surface area contributed by atoms with Crippen LogP contribution in [0.5, 0.6) is 5.75 Å². The molecule has 0 saturated carbocycles. The molecule has 1 heterocycles. The van der Waals surface area contributed by atoms with Crippen LogP contribution in [0.15, 0.2) is 82.7 Å². The number of benzene rings is 3. The van der Waals surface area contributed by atoms with Crippen LogP contribution < -0.4 is 4.74 Å². The number of nitrogens with zero attached hydrogens (tertiary/aromatic N) is 2. The molecule has 37 heavy (non-hydrogen) atoms. The molecule has 0 aliphatic carbocycles. The molecule has 0 radical (unpaired) electrons. The number of amides is 1. The largest absolute Gasteiger partial charge is 0.489 e. The molecule has 1 aliphatic heterocycles. The van der Waals surface area contributed by atoms with Gasteiger partial charge in [0.1, 0.15) is 12.4 Å². The molecule has 3 aromatic rings. The number of thioether (sulfide) groups is 1. The highest BCUT2D eigenvalue weighted by Crippen LogP contribution is 2.34. The second-order valence-electron chi connectivity index (χ2n) is 9.05. The maximum Gasteiger partial charge on any atom is 0.307 e. The van der Waals surface area contributed by atoms with Gasteiger partial charge in [0.2, 0.25) is 0 Å². The van der Waals surface area contributed by atoms with Crippen LogP contribution in [-0.4, -0.2) is 33.6 Å². The molecular weight excluding hydrogens is 484 g/mol. The minimum Gasteiger partial charge on any atom is -0.489 e. The summed E-state index contributed by atoms with van der Waals surface area (Å²) in [5, 5.41) is 9.54. The highest BCUT2D eigenvalue weighted by molar-refractivity contribution is 8.18. The third-order valence-corrected chi connectivity index (χ3v) is 6.96. The predicted molar refractivity (Wildman–Crippen MR) is 149 cm³/mol. The molecule has 6 nitrogen and oxygen atoms in total. The van der Waals surface area contributed by atoms with E-state index in [0.717, 1.165) is 16.9 Å². The molecule has 1 N–H and O–H groups in total. The molecule has 7 heteroatoms. The molecule has 3 aromatic carbocycles. The lowest BCUT2D eigenvalue weighted by atomic mass is 10.0. The SMILES string of the molecule is CCN1C(=O)/C(=C\c2ccc(OCc3ccc(C(C)C)cc3)cc2)SC1=Nc1ccc(CC(=O)O)cc1. The van der Waals surface area contributed by atoms with E-state index in [0.29, 0.717) is 40.4 Å². The summed E-state index contributed by atoms with van der Waals surface area (Å²) in [7, 11) is 0. The number of carbonyl (C=O) groups excluding carboxylic acids is 1. The number of aliphatic carboxylic acids is 1. The lowest BCUT2D eigenvalue weighted by molar-refractivity contribution is -0.136. The maximum atomic E-state index is 13.0. The van der Waals surface area contributed by atoms with Gasteiger partial charge in [-0.1, -0.05) is 62.4 Å². The topological polar surface area (TPSA) is 79.2 Å². The first-order valence-electron chi connectivity index (χ1n) is 12.2. The van der Waals surface area contributed by atoms with Crippen molar-refractivity contribution in [2.45, 2.75) is 39.7 Å². The quantitative estimate of drug-likeness (QED) is 0.324. The van der Waals surface area contributed by atoms with E-state index in [1.807, 2.05) is 37.3 Å². The van der Waals surface area contributed by atoms with Crippen LogP contribution in [0.1, 0.15) is 48.9 Å². The van der Waals surface area contributed by atoms with Gasteiger partial charge in [-0.25, -0.2) is 4.99 Å². The number of carbonyl (C=O) groups is 2. The monoisotopic (exact) mass is 514 g/mol. The number of hydrogen-bond donors (Lipinski definition) is 1. The van der Waals surface area contributed by atoms with Crippen LogP contribution in [0, 0.1) is 0 Å². The number of carboxylic acid groups (broad SMARTS) is 1. The molecule has 190 valence electrons. The van der Waals surface area contributed by atoms with E-state index in [2.05, 4.69) is 43.1 Å². The fourth-order valence-electron chi connectivity index (χ4n) is 3.82. The Labute approximate surface area is 221 Å². The summed E-state index contributed by atoms with van der Waals surface area (Å²) in [6.45, 7) is 7.27. The van der Waals surface area contributed by atoms with Crippen molar-refractivity contribution in [3.8, 4) is 5.75 Å². The number of rotatable bonds is 9. The summed E-state index contributed by atoms with van der Waals surface area (Å²) in [4.78, 5) is 30.7. The van der Waals surface area contributed by atoms with E-state index < -0.39 is 5.97 Å². The fourth-order valence-corrected chi connectivity index (χ4v) is 4.88. The predicted octanol–water partition coefficient (Wildman–Crippen LogP) is 6.64. The molecule has 1 fully saturated rings. The molecule has 4 rings (SSSR count). The number of amidine groups is 1. The van der Waals surface area contributed by atoms with Crippen LogP contribution in [-0.2, 0) is 22.6 Å². The van der Waals surface area contributed by atoms with Crippen molar-refractivity contribution < 1.29 is 19.4 Å². The molecule has 0 aromatic heterocycles. The Balaban J connectivity index is 1.42. The minimum absolute atomic E-state index is 0.0344. The third kappa shape index (κ3) is 6.89. The first kappa shape index (κ1) is 26.2. The van der Waals surface area contributed by atoms with Gasteiger partial charge < -0.3 is 9.84 Å². The second-order valence-corrected chi connectivity index (χ2v) is 10.1. The Morgan fingerprint density at radius 3 is 2.24 bits per heavy atom. The third-order valence-electron chi connectivity index (χ3n) is 5.95. The van der Waals surface area contributed by atoms with E-state index in [1.54, 1.807) is 29.2 Å². The van der Waals surface area contributed by atoms with Crippen molar-refractivity contribution in [2.24, 2.45) is 4.99 Å². The van der Waals surface area contributed by atoms with Gasteiger partial charge in [-0.2, -0.15) is 0 Å². The normalized spacial score (nSPS) is 15.7. The highest BCUT2D eigenvalue weighted by Gasteiger charge is 2.32. The minimum atomic E-state index is -0.876. The zero-order valence-electron chi connectivity index (χ0n) is 21.2. The molecule has 1 saturated heterocycles. The van der Waals surface area contributed by atoms with Crippen LogP contribution in [0.25, 0.3) is 6.08 Å². The van der Waals surface area contributed by atoms with Crippen molar-refractivity contribution in [2.75, 3.05) is 6.54 Å². The molecular formula is C30H30N2O4S. The smallest absolute Gasteiger partial charge is 0.307 e. The van der Waals surface area contributed by atoms with E-state index >= 15 is 0 Å². The Hall–Kier alpha value is -3.84. The Bertz CT molecular complexity index is 1310. The van der Waals surface area contributed by atoms with Crippen molar-refractivity contribution in [1.29, 1.82) is 0 Å². The van der Waals surface area contributed by atoms with Crippen molar-refractivity contribution in [3.05, 3.63) is 100.0 Å². The van der Waals surface area contributed by atoms with Crippen molar-refractivity contribution in [3.63, 3.8) is 0 Å². The van der Waals surface area contributed by atoms with Gasteiger partial charge in [-0.05, 0) is 77.2 Å². The van der Waals surface area contributed by atoms with Crippen LogP contribution in [0.3, 0.4) is 0 Å². The van der Waals surface area contributed by atoms with Crippen LogP contribution in [0.4, 0.5) is 5.69 Å². The molecule has 0 spiro atoms. The molecule has 1 aliphatic rings. The van der Waals surface area contributed by atoms with Crippen molar-refractivity contribution in [1.82, 2.24) is 4.90 Å². The van der Waals surface area contributed by atoms with Gasteiger partial charge >= 0.3 is 5.97 Å². The first-order chi connectivity index (χ1) is 17.8. The summed E-state index contributed by atoms with van der Waals surface area (Å²) in [5.74, 6) is 0.312. The van der Waals surface area contributed by atoms with Crippen LogP contribution >= 0.6 is 11.8 Å². The van der Waals surface area contributed by atoms with Gasteiger partial charge in [0.25, 0.3) is 5.91 Å². The summed E-state index contributed by atoms with van der Waals surface area (Å²) >= 11 is 1.33. The summed E-state index contributed by atoms with van der Waals surface area (Å²) in [6, 6.07) is 23.2. The van der Waals surface area contributed by atoms with Gasteiger partial charge in [0, 0.05) is 6.54 Å². The van der Waals surface area contributed by atoms with Gasteiger partial charge in [-0.15, -0.1) is 0 Å². The zero-order valence-corrected chi connectivity index (χ0v) is 22.0. The molecule has 0 unspecified atom stereocenters. The van der Waals surface area contributed by atoms with Gasteiger partial charge in [0.15, 0.2) is 5.17 Å². The van der Waals surface area contributed by atoms with E-state index in [1.165, 1.54) is 17.3 Å². The number of hydrogen-bond acceptors (Lipinski definition) is 5. The summed E-state index contributed by atoms with van der Waals surface area (Å²) in [5.41, 5.74) is 4.70. The Morgan fingerprint density at radius 1 is 1.00 bits per heavy atom. The first-order valence-corrected chi connectivity index (χ1v) is 13.1. The summed E-state index contributed by atoms with van der Waals surface area (Å²) < 4.78 is 5.93. The Kier molecular flexibility index (Phi) is 8.46. The second kappa shape index (κ2) is 11.9. The molecule has 0 atom stereocenters. The standard InChI is InChI=1S/C30H30N2O4S/c1-4-32-29(35)27(37-30(32)31-25-13-7-22(8-14-25)18-28(33)34)17-21-9-15-26(16-10-21)36-19-23-5-11-24(12-6-23)20(2)3/h5-17,20H,4,18-19H2,1-3H3,(H,33,34)/b27-17+,31-30?. The Morgan fingerprint density at radius 2 is 1.65 bits per heavy atom. The maximum absolute atomic E-state index is 13.0. The molecule has 1 amide bonds. The van der Waals surface area contributed by atoms with Gasteiger partial charge in [0.05, 0.1) is 17.0 Å². The van der Waals surface area contributed by atoms with E-state index in [-0.39, 0.29) is 12.3 Å². The number of ether oxygens (including phenoxy) is 1. The van der Waals surface area contributed by atoms with Gasteiger partial charge in [-0.3, -0.25) is 14.5 Å². The molecule has 0 bridgehead atoms. The van der Waals surface area contributed by atoms with E-state index in [4.69, 9.17) is 9.84 Å². The number of likely N-dealkylation sites (N-methyl/N-ethyl adjacent to an activating group) is 1. The van der Waals surface area contributed by atoms with Crippen molar-refractivity contribution >= 4 is 40.6 Å². The van der Waals surface area contributed by atoms with Crippen LogP contribution in [0.2, 0.25) is 0 Å². The lowest BCUT2D eigenvalue weighted by Crippen LogP contribution is -2.28. The summed E-state index contributed by atoms with van der Waals surface area (Å²) in [6.07, 6.45) is 1.83. The highest BCUT2D eigenvalue weighted by atomic mass is 32.2. The fraction of sp³-hybridized carbons (Fsp3) is 0.233. The number of carboxylic acids is 1. The average Bonchev–Trinajstić information content (AvgIpc) is 3.18. The zero-order chi connectivity index (χ0) is 26.4. The van der Waals surface area contributed by atoms with E-state index in [9.17, 15) is 9.59 Å². The average molecular weight is 515 g/mol.